The quantitative estimate of drug-likeness (QED) is 0.465. The zero-order chi connectivity index (χ0) is 19.5. The standard InChI is InChI=1S/C19H15N3O4S2/c1-2-14(26-18(24)11-5-6-15-12(8-11)20-10-25-15)17(23)22-19-21-13(9-28-19)16-4-3-7-27-16/h3-10,14H,2H2,1H3,(H,21,22,23). The van der Waals surface area contributed by atoms with Gasteiger partial charge in [0, 0.05) is 5.38 Å². The molecule has 4 aromatic rings. The minimum atomic E-state index is -0.922. The molecule has 1 amide bonds. The molecule has 7 nitrogen and oxygen atoms in total. The number of ether oxygens (including phenoxy) is 1. The van der Waals surface area contributed by atoms with Crippen LogP contribution < -0.4 is 5.32 Å². The molecule has 0 aliphatic heterocycles. The number of amides is 1. The van der Waals surface area contributed by atoms with E-state index in [0.29, 0.717) is 28.2 Å². The second-order valence-corrected chi connectivity index (χ2v) is 7.65. The van der Waals surface area contributed by atoms with Gasteiger partial charge in [0.15, 0.2) is 23.2 Å². The van der Waals surface area contributed by atoms with Gasteiger partial charge in [0.1, 0.15) is 5.52 Å². The molecule has 3 heterocycles. The van der Waals surface area contributed by atoms with E-state index >= 15 is 0 Å². The Labute approximate surface area is 168 Å². The molecule has 0 aliphatic carbocycles. The number of hydrogen-bond acceptors (Lipinski definition) is 8. The topological polar surface area (TPSA) is 94.3 Å². The van der Waals surface area contributed by atoms with Crippen molar-refractivity contribution in [1.29, 1.82) is 0 Å². The van der Waals surface area contributed by atoms with Gasteiger partial charge < -0.3 is 9.15 Å². The van der Waals surface area contributed by atoms with Crippen LogP contribution in [-0.2, 0) is 9.53 Å². The first-order chi connectivity index (χ1) is 13.6. The fourth-order valence-electron chi connectivity index (χ4n) is 2.56. The summed E-state index contributed by atoms with van der Waals surface area (Å²) in [5.41, 5.74) is 2.24. The Balaban J connectivity index is 1.42. The Morgan fingerprint density at radius 1 is 1.29 bits per heavy atom. The van der Waals surface area contributed by atoms with E-state index in [4.69, 9.17) is 9.15 Å². The number of carbonyl (C=O) groups is 2. The molecule has 0 fully saturated rings. The number of esters is 1. The molecule has 0 saturated carbocycles. The van der Waals surface area contributed by atoms with E-state index in [1.54, 1.807) is 36.5 Å². The smallest absolute Gasteiger partial charge is 0.338 e. The van der Waals surface area contributed by atoms with E-state index in [1.807, 2.05) is 22.9 Å². The summed E-state index contributed by atoms with van der Waals surface area (Å²) in [7, 11) is 0. The summed E-state index contributed by atoms with van der Waals surface area (Å²) in [4.78, 5) is 34.4. The van der Waals surface area contributed by atoms with Crippen molar-refractivity contribution < 1.29 is 18.7 Å². The first kappa shape index (κ1) is 18.3. The number of carbonyl (C=O) groups excluding carboxylic acids is 2. The SMILES string of the molecule is CCC(OC(=O)c1ccc2ocnc2c1)C(=O)Nc1nc(-c2cccs2)cs1. The maximum atomic E-state index is 12.5. The van der Waals surface area contributed by atoms with Crippen LogP contribution in [0.15, 0.2) is 51.9 Å². The first-order valence-electron chi connectivity index (χ1n) is 8.48. The maximum absolute atomic E-state index is 12.5. The molecule has 4 rings (SSSR count). The predicted octanol–water partition coefficient (Wildman–Crippen LogP) is 4.59. The second-order valence-electron chi connectivity index (χ2n) is 5.84. The van der Waals surface area contributed by atoms with Crippen molar-refractivity contribution in [1.82, 2.24) is 9.97 Å². The van der Waals surface area contributed by atoms with E-state index in [9.17, 15) is 9.59 Å². The summed E-state index contributed by atoms with van der Waals surface area (Å²) in [6, 6.07) is 8.70. The Hall–Kier alpha value is -3.04. The van der Waals surface area contributed by atoms with Crippen molar-refractivity contribution in [3.8, 4) is 10.6 Å². The highest BCUT2D eigenvalue weighted by molar-refractivity contribution is 7.16. The van der Waals surface area contributed by atoms with Crippen LogP contribution in [0.1, 0.15) is 23.7 Å². The van der Waals surface area contributed by atoms with E-state index < -0.39 is 18.0 Å². The molecule has 3 aromatic heterocycles. The van der Waals surface area contributed by atoms with E-state index in [-0.39, 0.29) is 0 Å². The van der Waals surface area contributed by atoms with E-state index in [1.165, 1.54) is 17.7 Å². The van der Waals surface area contributed by atoms with Crippen LogP contribution in [0.2, 0.25) is 0 Å². The van der Waals surface area contributed by atoms with Crippen LogP contribution in [0.25, 0.3) is 21.7 Å². The molecule has 9 heteroatoms. The third kappa shape index (κ3) is 3.80. The van der Waals surface area contributed by atoms with Crippen molar-refractivity contribution in [2.24, 2.45) is 0 Å². The molecule has 1 unspecified atom stereocenters. The molecular weight excluding hydrogens is 398 g/mol. The Morgan fingerprint density at radius 3 is 2.96 bits per heavy atom. The van der Waals surface area contributed by atoms with Crippen molar-refractivity contribution >= 4 is 50.8 Å². The zero-order valence-electron chi connectivity index (χ0n) is 14.7. The van der Waals surface area contributed by atoms with Gasteiger partial charge in [-0.15, -0.1) is 22.7 Å². The van der Waals surface area contributed by atoms with Gasteiger partial charge in [-0.25, -0.2) is 14.8 Å². The fourth-order valence-corrected chi connectivity index (χ4v) is 4.03. The molecule has 1 aromatic carbocycles. The van der Waals surface area contributed by atoms with Crippen LogP contribution in [0.4, 0.5) is 5.13 Å². The zero-order valence-corrected chi connectivity index (χ0v) is 16.4. The van der Waals surface area contributed by atoms with Gasteiger partial charge in [0.2, 0.25) is 0 Å². The maximum Gasteiger partial charge on any atom is 0.338 e. The number of aromatic nitrogens is 2. The lowest BCUT2D eigenvalue weighted by Crippen LogP contribution is -2.32. The molecule has 0 saturated heterocycles. The number of thiophene rings is 1. The average Bonchev–Trinajstić information content (AvgIpc) is 3.45. The summed E-state index contributed by atoms with van der Waals surface area (Å²) in [6.45, 7) is 1.78. The first-order valence-corrected chi connectivity index (χ1v) is 10.2. The summed E-state index contributed by atoms with van der Waals surface area (Å²) >= 11 is 2.90. The van der Waals surface area contributed by atoms with Gasteiger partial charge in [0.05, 0.1) is 16.1 Å². The van der Waals surface area contributed by atoms with E-state index in [0.717, 1.165) is 10.6 Å². The van der Waals surface area contributed by atoms with Crippen LogP contribution >= 0.6 is 22.7 Å². The van der Waals surface area contributed by atoms with Crippen LogP contribution in [0, 0.1) is 0 Å². The number of nitrogens with zero attached hydrogens (tertiary/aromatic N) is 2. The minimum absolute atomic E-state index is 0.307. The average molecular weight is 413 g/mol. The van der Waals surface area contributed by atoms with Gasteiger partial charge in [0.25, 0.3) is 5.91 Å². The second kappa shape index (κ2) is 7.91. The largest absolute Gasteiger partial charge is 0.449 e. The summed E-state index contributed by atoms with van der Waals surface area (Å²) in [5, 5.41) is 7.04. The van der Waals surface area contributed by atoms with Gasteiger partial charge in [-0.3, -0.25) is 10.1 Å². The molecular formula is C19H15N3O4S2. The highest BCUT2D eigenvalue weighted by Gasteiger charge is 2.23. The number of hydrogen-bond donors (Lipinski definition) is 1. The lowest BCUT2D eigenvalue weighted by atomic mass is 10.2. The number of rotatable bonds is 6. The molecule has 1 N–H and O–H groups in total. The molecule has 0 spiro atoms. The van der Waals surface area contributed by atoms with Crippen LogP contribution in [0.5, 0.6) is 0 Å². The third-order valence-electron chi connectivity index (χ3n) is 3.99. The molecule has 0 aliphatic rings. The number of fused-ring (bicyclic) bond motifs is 1. The Bertz CT molecular complexity index is 1120. The fraction of sp³-hybridized carbons (Fsp3) is 0.158. The molecule has 1 atom stereocenters. The highest BCUT2D eigenvalue weighted by Crippen LogP contribution is 2.28. The van der Waals surface area contributed by atoms with Gasteiger partial charge >= 0.3 is 5.97 Å². The minimum Gasteiger partial charge on any atom is -0.449 e. The number of oxazole rings is 1. The lowest BCUT2D eigenvalue weighted by Gasteiger charge is -2.15. The van der Waals surface area contributed by atoms with Crippen molar-refractivity contribution in [3.63, 3.8) is 0 Å². The Kier molecular flexibility index (Phi) is 5.18. The number of thiazole rings is 1. The molecule has 0 radical (unpaired) electrons. The van der Waals surface area contributed by atoms with Crippen molar-refractivity contribution in [2.45, 2.75) is 19.4 Å². The van der Waals surface area contributed by atoms with Crippen LogP contribution in [0.3, 0.4) is 0 Å². The summed E-state index contributed by atoms with van der Waals surface area (Å²) < 4.78 is 10.5. The lowest BCUT2D eigenvalue weighted by molar-refractivity contribution is -0.124. The molecule has 142 valence electrons. The third-order valence-corrected chi connectivity index (χ3v) is 5.64. The Morgan fingerprint density at radius 2 is 2.18 bits per heavy atom. The predicted molar refractivity (Wildman–Crippen MR) is 108 cm³/mol. The summed E-state index contributed by atoms with van der Waals surface area (Å²) in [5.74, 6) is -1.00. The number of benzene rings is 1. The van der Waals surface area contributed by atoms with Gasteiger partial charge in [-0.05, 0) is 36.1 Å². The van der Waals surface area contributed by atoms with Gasteiger partial charge in [-0.1, -0.05) is 13.0 Å². The monoisotopic (exact) mass is 413 g/mol. The molecule has 28 heavy (non-hydrogen) atoms. The normalized spacial score (nSPS) is 12.0. The van der Waals surface area contributed by atoms with Crippen molar-refractivity contribution in [3.05, 3.63) is 53.0 Å². The van der Waals surface area contributed by atoms with Gasteiger partial charge in [-0.2, -0.15) is 0 Å². The highest BCUT2D eigenvalue weighted by atomic mass is 32.1. The molecule has 0 bridgehead atoms. The summed E-state index contributed by atoms with van der Waals surface area (Å²) in [6.07, 6.45) is 0.725. The van der Waals surface area contributed by atoms with Crippen LogP contribution in [-0.4, -0.2) is 27.9 Å². The van der Waals surface area contributed by atoms with E-state index in [2.05, 4.69) is 15.3 Å². The number of anilines is 1. The van der Waals surface area contributed by atoms with Crippen molar-refractivity contribution in [2.75, 3.05) is 5.32 Å². The number of nitrogens with one attached hydrogen (secondary N) is 1.